The number of thioether (sulfide) groups is 1. The van der Waals surface area contributed by atoms with E-state index in [4.69, 9.17) is 0 Å². The van der Waals surface area contributed by atoms with Crippen molar-refractivity contribution in [3.8, 4) is 0 Å². The van der Waals surface area contributed by atoms with Crippen LogP contribution in [0.25, 0.3) is 0 Å². The maximum Gasteiger partial charge on any atom is 0.234 e. The number of benzene rings is 1. The Bertz CT molecular complexity index is 727. The summed E-state index contributed by atoms with van der Waals surface area (Å²) in [5, 5.41) is 3.59. The van der Waals surface area contributed by atoms with Crippen LogP contribution in [0.4, 0.5) is 10.1 Å². The molecule has 0 atom stereocenters. The number of amides is 1. The van der Waals surface area contributed by atoms with Crippen LogP contribution in [0.15, 0.2) is 23.4 Å². The molecule has 0 aliphatic heterocycles. The van der Waals surface area contributed by atoms with Crippen molar-refractivity contribution in [3.63, 3.8) is 0 Å². The second kappa shape index (κ2) is 8.33. The second-order valence-corrected chi connectivity index (χ2v) is 6.81. The summed E-state index contributed by atoms with van der Waals surface area (Å²) in [6.07, 6.45) is 2.19. The maximum atomic E-state index is 13.5. The number of rotatable bonds is 7. The minimum Gasteiger partial charge on any atom is -0.325 e. The van der Waals surface area contributed by atoms with E-state index in [2.05, 4.69) is 28.7 Å². The highest BCUT2D eigenvalue weighted by molar-refractivity contribution is 7.99. The fourth-order valence-electron chi connectivity index (χ4n) is 2.31. The van der Waals surface area contributed by atoms with E-state index in [1.807, 2.05) is 6.92 Å². The van der Waals surface area contributed by atoms with Gasteiger partial charge < -0.3 is 9.88 Å². The molecule has 0 saturated heterocycles. The normalized spacial score (nSPS) is 10.9. The van der Waals surface area contributed by atoms with E-state index >= 15 is 0 Å². The number of aromatic nitrogens is 2. The van der Waals surface area contributed by atoms with Crippen molar-refractivity contribution < 1.29 is 9.18 Å². The molecular weight excluding hydrogens is 325 g/mol. The molecule has 0 saturated carbocycles. The average Bonchev–Trinajstić information content (AvgIpc) is 2.81. The lowest BCUT2D eigenvalue weighted by Gasteiger charge is -2.09. The number of nitrogens with one attached hydrogen (secondary N) is 1. The van der Waals surface area contributed by atoms with Crippen molar-refractivity contribution in [3.05, 3.63) is 41.0 Å². The molecule has 2 rings (SSSR count). The summed E-state index contributed by atoms with van der Waals surface area (Å²) in [7, 11) is 0. The lowest BCUT2D eigenvalue weighted by molar-refractivity contribution is -0.113. The van der Waals surface area contributed by atoms with Gasteiger partial charge in [0.2, 0.25) is 5.91 Å². The first kappa shape index (κ1) is 18.5. The number of hydrogen-bond donors (Lipinski definition) is 1. The largest absolute Gasteiger partial charge is 0.325 e. The molecule has 6 heteroatoms. The van der Waals surface area contributed by atoms with E-state index in [-0.39, 0.29) is 17.5 Å². The summed E-state index contributed by atoms with van der Waals surface area (Å²) in [6, 6.07) is 4.70. The minimum atomic E-state index is -0.318. The topological polar surface area (TPSA) is 46.9 Å². The number of halogens is 1. The molecule has 1 heterocycles. The summed E-state index contributed by atoms with van der Waals surface area (Å²) < 4.78 is 15.7. The molecule has 1 aromatic heterocycles. The van der Waals surface area contributed by atoms with Gasteiger partial charge >= 0.3 is 0 Å². The maximum absolute atomic E-state index is 13.5. The van der Waals surface area contributed by atoms with E-state index in [0.717, 1.165) is 35.9 Å². The Morgan fingerprint density at radius 3 is 2.75 bits per heavy atom. The molecule has 24 heavy (non-hydrogen) atoms. The van der Waals surface area contributed by atoms with E-state index in [0.29, 0.717) is 11.3 Å². The third-order valence-electron chi connectivity index (χ3n) is 3.95. The molecule has 1 aromatic carbocycles. The molecule has 0 aliphatic rings. The molecule has 2 aromatic rings. The molecule has 0 spiro atoms. The van der Waals surface area contributed by atoms with Crippen molar-refractivity contribution in [2.24, 2.45) is 0 Å². The van der Waals surface area contributed by atoms with Crippen LogP contribution in [0.2, 0.25) is 0 Å². The zero-order valence-electron chi connectivity index (χ0n) is 14.6. The molecule has 0 aliphatic carbocycles. The van der Waals surface area contributed by atoms with Gasteiger partial charge in [-0.05, 0) is 44.9 Å². The molecule has 1 N–H and O–H groups in total. The average molecular weight is 349 g/mol. The Hall–Kier alpha value is -1.82. The molecular formula is C18H24FN3OS. The Morgan fingerprint density at radius 1 is 1.33 bits per heavy atom. The van der Waals surface area contributed by atoms with Crippen molar-refractivity contribution in [1.82, 2.24) is 9.55 Å². The molecule has 130 valence electrons. The SMILES string of the molecule is CCCCn1c(SCC(=O)Nc2ccc(C)c(F)c2)nc(C)c1C. The van der Waals surface area contributed by atoms with E-state index in [1.54, 1.807) is 19.1 Å². The van der Waals surface area contributed by atoms with Crippen LogP contribution >= 0.6 is 11.8 Å². The van der Waals surface area contributed by atoms with Gasteiger partial charge in [-0.1, -0.05) is 31.2 Å². The summed E-state index contributed by atoms with van der Waals surface area (Å²) in [4.78, 5) is 16.7. The number of unbranched alkanes of at least 4 members (excludes halogenated alkanes) is 1. The third kappa shape index (κ3) is 4.60. The van der Waals surface area contributed by atoms with Gasteiger partial charge in [-0.2, -0.15) is 0 Å². The molecule has 0 bridgehead atoms. The Labute approximate surface area is 146 Å². The monoisotopic (exact) mass is 349 g/mol. The number of imidazole rings is 1. The van der Waals surface area contributed by atoms with Crippen molar-refractivity contribution >= 4 is 23.4 Å². The van der Waals surface area contributed by atoms with Crippen LogP contribution in [-0.4, -0.2) is 21.2 Å². The predicted molar refractivity (Wildman–Crippen MR) is 97.1 cm³/mol. The number of carbonyl (C=O) groups excluding carboxylic acids is 1. The molecule has 0 fully saturated rings. The summed E-state index contributed by atoms with van der Waals surface area (Å²) in [5.74, 6) is -0.234. The minimum absolute atomic E-state index is 0.163. The van der Waals surface area contributed by atoms with Gasteiger partial charge in [-0.25, -0.2) is 9.37 Å². The van der Waals surface area contributed by atoms with Gasteiger partial charge in [0.05, 0.1) is 11.4 Å². The first-order chi connectivity index (χ1) is 11.4. The zero-order valence-corrected chi connectivity index (χ0v) is 15.5. The van der Waals surface area contributed by atoms with E-state index in [9.17, 15) is 9.18 Å². The van der Waals surface area contributed by atoms with Crippen LogP contribution in [-0.2, 0) is 11.3 Å². The number of carbonyl (C=O) groups is 1. The fraction of sp³-hybridized carbons (Fsp3) is 0.444. The Kier molecular flexibility index (Phi) is 6.43. The molecule has 4 nitrogen and oxygen atoms in total. The van der Waals surface area contributed by atoms with Crippen LogP contribution in [0, 0.1) is 26.6 Å². The molecule has 1 amide bonds. The summed E-state index contributed by atoms with van der Waals surface area (Å²) in [5.41, 5.74) is 3.18. The van der Waals surface area contributed by atoms with Gasteiger partial charge in [-0.3, -0.25) is 4.79 Å². The lowest BCUT2D eigenvalue weighted by atomic mass is 10.2. The fourth-order valence-corrected chi connectivity index (χ4v) is 3.23. The highest BCUT2D eigenvalue weighted by atomic mass is 32.2. The number of nitrogens with zero attached hydrogens (tertiary/aromatic N) is 2. The number of aryl methyl sites for hydroxylation is 2. The quantitative estimate of drug-likeness (QED) is 0.750. The van der Waals surface area contributed by atoms with Crippen LogP contribution in [0.3, 0.4) is 0 Å². The highest BCUT2D eigenvalue weighted by Crippen LogP contribution is 2.22. The van der Waals surface area contributed by atoms with Crippen molar-refractivity contribution in [2.75, 3.05) is 11.1 Å². The Morgan fingerprint density at radius 2 is 2.08 bits per heavy atom. The predicted octanol–water partition coefficient (Wildman–Crippen LogP) is 4.48. The zero-order chi connectivity index (χ0) is 17.7. The smallest absolute Gasteiger partial charge is 0.234 e. The summed E-state index contributed by atoms with van der Waals surface area (Å²) in [6.45, 7) is 8.79. The molecule has 0 unspecified atom stereocenters. The first-order valence-electron chi connectivity index (χ1n) is 8.15. The first-order valence-corrected chi connectivity index (χ1v) is 9.13. The van der Waals surface area contributed by atoms with Crippen LogP contribution in [0.5, 0.6) is 0 Å². The highest BCUT2D eigenvalue weighted by Gasteiger charge is 2.13. The Balaban J connectivity index is 1.98. The van der Waals surface area contributed by atoms with Gasteiger partial charge in [-0.15, -0.1) is 0 Å². The molecule has 0 radical (unpaired) electrons. The number of hydrogen-bond acceptors (Lipinski definition) is 3. The standard InChI is InChI=1S/C18H24FN3OS/c1-5-6-9-22-14(4)13(3)20-18(22)24-11-17(23)21-15-8-7-12(2)16(19)10-15/h7-8,10H,5-6,9,11H2,1-4H3,(H,21,23). The van der Waals surface area contributed by atoms with Crippen molar-refractivity contribution in [2.45, 2.75) is 52.2 Å². The number of anilines is 1. The van der Waals surface area contributed by atoms with Crippen LogP contribution in [0.1, 0.15) is 36.7 Å². The van der Waals surface area contributed by atoms with Crippen molar-refractivity contribution in [1.29, 1.82) is 0 Å². The van der Waals surface area contributed by atoms with Gasteiger partial charge in [0.15, 0.2) is 5.16 Å². The van der Waals surface area contributed by atoms with E-state index in [1.165, 1.54) is 17.8 Å². The lowest BCUT2D eigenvalue weighted by Crippen LogP contribution is -2.15. The summed E-state index contributed by atoms with van der Waals surface area (Å²) >= 11 is 1.41. The van der Waals surface area contributed by atoms with Gasteiger partial charge in [0.1, 0.15) is 5.82 Å². The van der Waals surface area contributed by atoms with Gasteiger partial charge in [0.25, 0.3) is 0 Å². The van der Waals surface area contributed by atoms with Gasteiger partial charge in [0, 0.05) is 17.9 Å². The second-order valence-electron chi connectivity index (χ2n) is 5.87. The third-order valence-corrected chi connectivity index (χ3v) is 4.92. The van der Waals surface area contributed by atoms with E-state index < -0.39 is 0 Å². The van der Waals surface area contributed by atoms with Crippen LogP contribution < -0.4 is 5.32 Å².